The first-order chi connectivity index (χ1) is 12.3. The zero-order valence-corrected chi connectivity index (χ0v) is 15.3. The zero-order chi connectivity index (χ0) is 17.1. The Kier molecular flexibility index (Phi) is 4.53. The Bertz CT molecular complexity index is 878. The molecule has 0 saturated heterocycles. The predicted octanol–water partition coefficient (Wildman–Crippen LogP) is 5.14. The minimum atomic E-state index is 0.711. The highest BCUT2D eigenvalue weighted by molar-refractivity contribution is 9.10. The molecule has 0 N–H and O–H groups in total. The summed E-state index contributed by atoms with van der Waals surface area (Å²) in [6.45, 7) is 1.49. The summed E-state index contributed by atoms with van der Waals surface area (Å²) in [6, 6.07) is 29.0. The summed E-state index contributed by atoms with van der Waals surface area (Å²) < 4.78 is 1.09. The number of hydrogen-bond acceptors (Lipinski definition) is 3. The minimum absolute atomic E-state index is 0.711. The van der Waals surface area contributed by atoms with Gasteiger partial charge in [0, 0.05) is 4.47 Å². The van der Waals surface area contributed by atoms with Gasteiger partial charge in [-0.3, -0.25) is 0 Å². The van der Waals surface area contributed by atoms with Gasteiger partial charge < -0.3 is 4.90 Å². The topological polar surface area (TPSA) is 18.8 Å². The number of anilines is 2. The van der Waals surface area contributed by atoms with Crippen LogP contribution in [0.25, 0.3) is 0 Å². The van der Waals surface area contributed by atoms with Crippen molar-refractivity contribution in [1.82, 2.24) is 0 Å². The van der Waals surface area contributed by atoms with E-state index >= 15 is 0 Å². The van der Waals surface area contributed by atoms with Crippen molar-refractivity contribution in [2.75, 3.05) is 23.1 Å². The summed E-state index contributed by atoms with van der Waals surface area (Å²) in [7, 11) is 0. The minimum Gasteiger partial charge on any atom is -0.345 e. The van der Waals surface area contributed by atoms with Gasteiger partial charge in [-0.1, -0.05) is 60.7 Å². The van der Waals surface area contributed by atoms with Crippen molar-refractivity contribution in [2.24, 2.45) is 5.10 Å². The highest BCUT2D eigenvalue weighted by atomic mass is 79.9. The fourth-order valence-electron chi connectivity index (χ4n) is 2.99. The van der Waals surface area contributed by atoms with E-state index in [9.17, 15) is 0 Å². The lowest BCUT2D eigenvalue weighted by atomic mass is 10.1. The smallest absolute Gasteiger partial charge is 0.113 e. The number of rotatable bonds is 3. The van der Waals surface area contributed by atoms with Crippen molar-refractivity contribution < 1.29 is 0 Å². The molecule has 124 valence electrons. The number of para-hydroxylation sites is 2. The Morgan fingerprint density at radius 1 is 0.760 bits per heavy atom. The second kappa shape index (κ2) is 7.11. The molecule has 0 atom stereocenters. The third kappa shape index (κ3) is 3.44. The van der Waals surface area contributed by atoms with Crippen LogP contribution in [-0.2, 0) is 0 Å². The van der Waals surface area contributed by atoms with Crippen LogP contribution < -0.4 is 9.91 Å². The molecule has 3 nitrogen and oxygen atoms in total. The lowest BCUT2D eigenvalue weighted by molar-refractivity contribution is 0.757. The Labute approximate surface area is 156 Å². The average molecular weight is 392 g/mol. The molecule has 1 aliphatic rings. The molecule has 0 spiro atoms. The van der Waals surface area contributed by atoms with Crippen molar-refractivity contribution >= 4 is 33.0 Å². The highest BCUT2D eigenvalue weighted by Gasteiger charge is 2.23. The predicted molar refractivity (Wildman–Crippen MR) is 108 cm³/mol. The van der Waals surface area contributed by atoms with Crippen LogP contribution in [0.4, 0.5) is 11.4 Å². The van der Waals surface area contributed by atoms with Crippen molar-refractivity contribution in [3.05, 3.63) is 95.0 Å². The van der Waals surface area contributed by atoms with E-state index in [0.29, 0.717) is 6.67 Å². The monoisotopic (exact) mass is 391 g/mol. The van der Waals surface area contributed by atoms with E-state index in [1.165, 1.54) is 5.69 Å². The van der Waals surface area contributed by atoms with Crippen LogP contribution in [-0.4, -0.2) is 18.9 Å². The fraction of sp³-hybridized carbons (Fsp3) is 0.0952. The molecule has 0 aliphatic carbocycles. The lowest BCUT2D eigenvalue weighted by Gasteiger charge is -2.36. The molecule has 0 aromatic heterocycles. The summed E-state index contributed by atoms with van der Waals surface area (Å²) >= 11 is 3.68. The molecule has 0 fully saturated rings. The number of hydrazone groups is 1. The van der Waals surface area contributed by atoms with E-state index < -0.39 is 0 Å². The second-order valence-corrected chi connectivity index (χ2v) is 6.79. The lowest BCUT2D eigenvalue weighted by Crippen LogP contribution is -2.44. The molecule has 0 amide bonds. The molecule has 0 unspecified atom stereocenters. The zero-order valence-electron chi connectivity index (χ0n) is 13.7. The number of benzene rings is 3. The van der Waals surface area contributed by atoms with E-state index in [-0.39, 0.29) is 0 Å². The van der Waals surface area contributed by atoms with Crippen LogP contribution in [0.2, 0.25) is 0 Å². The van der Waals surface area contributed by atoms with Gasteiger partial charge in [0.25, 0.3) is 0 Å². The number of nitrogens with zero attached hydrogens (tertiary/aromatic N) is 3. The first-order valence-corrected chi connectivity index (χ1v) is 9.05. The van der Waals surface area contributed by atoms with Gasteiger partial charge in [0.1, 0.15) is 6.67 Å². The molecular formula is C21H18BrN3. The van der Waals surface area contributed by atoms with E-state index in [2.05, 4.69) is 80.4 Å². The van der Waals surface area contributed by atoms with Crippen LogP contribution in [0, 0.1) is 0 Å². The Morgan fingerprint density at radius 2 is 1.40 bits per heavy atom. The van der Waals surface area contributed by atoms with Gasteiger partial charge in [0.2, 0.25) is 0 Å². The third-order valence-electron chi connectivity index (χ3n) is 4.24. The fourth-order valence-corrected chi connectivity index (χ4v) is 3.53. The Balaban J connectivity index is 1.75. The van der Waals surface area contributed by atoms with Crippen LogP contribution in [0.3, 0.4) is 0 Å². The molecule has 3 aromatic carbocycles. The SMILES string of the molecule is Brc1ccccc1N1CC(c2ccccc2)=NN(c2ccccc2)C1. The molecule has 3 aromatic rings. The molecule has 0 radical (unpaired) electrons. The van der Waals surface area contributed by atoms with E-state index in [4.69, 9.17) is 5.10 Å². The molecular weight excluding hydrogens is 374 g/mol. The second-order valence-electron chi connectivity index (χ2n) is 5.94. The van der Waals surface area contributed by atoms with E-state index in [1.54, 1.807) is 0 Å². The molecule has 4 heteroatoms. The summed E-state index contributed by atoms with van der Waals surface area (Å²) in [6.07, 6.45) is 0. The summed E-state index contributed by atoms with van der Waals surface area (Å²) in [5.74, 6) is 0. The highest BCUT2D eigenvalue weighted by Crippen LogP contribution is 2.29. The summed E-state index contributed by atoms with van der Waals surface area (Å²) in [5, 5.41) is 6.98. The van der Waals surface area contributed by atoms with Gasteiger partial charge in [-0.05, 0) is 45.8 Å². The quantitative estimate of drug-likeness (QED) is 0.615. The normalized spacial score (nSPS) is 14.4. The van der Waals surface area contributed by atoms with Gasteiger partial charge in [-0.2, -0.15) is 5.10 Å². The summed E-state index contributed by atoms with van der Waals surface area (Å²) in [4.78, 5) is 2.34. The molecule has 4 rings (SSSR count). The van der Waals surface area contributed by atoms with Crippen molar-refractivity contribution in [3.8, 4) is 0 Å². The van der Waals surface area contributed by atoms with Gasteiger partial charge in [0.15, 0.2) is 0 Å². The van der Waals surface area contributed by atoms with Crippen LogP contribution in [0.1, 0.15) is 5.56 Å². The van der Waals surface area contributed by atoms with Gasteiger partial charge in [0.05, 0.1) is 23.6 Å². The van der Waals surface area contributed by atoms with E-state index in [0.717, 1.165) is 28.0 Å². The molecule has 1 heterocycles. The van der Waals surface area contributed by atoms with Crippen LogP contribution in [0.15, 0.2) is 94.5 Å². The Morgan fingerprint density at radius 3 is 2.12 bits per heavy atom. The maximum absolute atomic E-state index is 4.92. The number of halogens is 1. The van der Waals surface area contributed by atoms with Crippen molar-refractivity contribution in [1.29, 1.82) is 0 Å². The largest absolute Gasteiger partial charge is 0.345 e. The van der Waals surface area contributed by atoms with Crippen molar-refractivity contribution in [3.63, 3.8) is 0 Å². The van der Waals surface area contributed by atoms with Crippen LogP contribution >= 0.6 is 15.9 Å². The van der Waals surface area contributed by atoms with Gasteiger partial charge >= 0.3 is 0 Å². The molecule has 0 saturated carbocycles. The maximum Gasteiger partial charge on any atom is 0.113 e. The molecule has 25 heavy (non-hydrogen) atoms. The molecule has 0 bridgehead atoms. The van der Waals surface area contributed by atoms with E-state index in [1.807, 2.05) is 30.3 Å². The van der Waals surface area contributed by atoms with Crippen LogP contribution in [0.5, 0.6) is 0 Å². The maximum atomic E-state index is 4.92. The van der Waals surface area contributed by atoms with Crippen molar-refractivity contribution in [2.45, 2.75) is 0 Å². The standard InChI is InChI=1S/C21H18BrN3/c22-19-13-7-8-14-21(19)24-15-20(17-9-3-1-4-10-17)23-25(16-24)18-11-5-2-6-12-18/h1-14H,15-16H2. The number of hydrogen-bond donors (Lipinski definition) is 0. The third-order valence-corrected chi connectivity index (χ3v) is 4.91. The van der Waals surface area contributed by atoms with Gasteiger partial charge in [-0.25, -0.2) is 5.01 Å². The average Bonchev–Trinajstić information content (AvgIpc) is 2.69. The Hall–Kier alpha value is -2.59. The first-order valence-electron chi connectivity index (χ1n) is 8.26. The van der Waals surface area contributed by atoms with Gasteiger partial charge in [-0.15, -0.1) is 0 Å². The summed E-state index contributed by atoms with van der Waals surface area (Å²) in [5.41, 5.74) is 4.48. The molecule has 1 aliphatic heterocycles. The first kappa shape index (κ1) is 15.9.